The molecule has 0 saturated carbocycles. The molecule has 2 aliphatic heterocycles. The van der Waals surface area contributed by atoms with E-state index in [4.69, 9.17) is 9.72 Å². The number of aromatic nitrogens is 4. The average Bonchev–Trinajstić information content (AvgIpc) is 3.14. The Morgan fingerprint density at radius 1 is 1.07 bits per heavy atom. The second-order valence-electron chi connectivity index (χ2n) is 8.59. The van der Waals surface area contributed by atoms with Crippen molar-refractivity contribution in [2.75, 3.05) is 31.1 Å². The number of carbonyl (C=O) groups excluding carboxylic acids is 1. The number of carbonyl (C=O) groups is 1. The molecule has 0 spiro atoms. The molecule has 3 aromatic rings. The van der Waals surface area contributed by atoms with Crippen LogP contribution in [0.1, 0.15) is 32.5 Å². The maximum absolute atomic E-state index is 13.1. The van der Waals surface area contributed by atoms with Gasteiger partial charge in [0, 0.05) is 37.5 Å². The first-order valence-corrected chi connectivity index (χ1v) is 10.8. The van der Waals surface area contributed by atoms with Gasteiger partial charge in [-0.3, -0.25) is 4.79 Å². The van der Waals surface area contributed by atoms with Gasteiger partial charge in [-0.25, -0.2) is 9.97 Å². The fourth-order valence-corrected chi connectivity index (χ4v) is 4.79. The molecule has 0 bridgehead atoms. The largest absolute Gasteiger partial charge is 0.372 e. The van der Waals surface area contributed by atoms with E-state index >= 15 is 0 Å². The lowest BCUT2D eigenvalue weighted by Gasteiger charge is -2.39. The van der Waals surface area contributed by atoms with Gasteiger partial charge in [0.05, 0.1) is 17.7 Å². The maximum Gasteiger partial charge on any atom is 0.229 e. The van der Waals surface area contributed by atoms with Gasteiger partial charge in [0.1, 0.15) is 5.82 Å². The number of amides is 1. The molecule has 0 radical (unpaired) electrons. The zero-order valence-corrected chi connectivity index (χ0v) is 17.8. The zero-order chi connectivity index (χ0) is 20.8. The Morgan fingerprint density at radius 2 is 1.77 bits per heavy atom. The molecule has 2 atom stereocenters. The van der Waals surface area contributed by atoms with E-state index in [-0.39, 0.29) is 24.0 Å². The topological polar surface area (TPSA) is 75.9 Å². The van der Waals surface area contributed by atoms with Crippen molar-refractivity contribution < 1.29 is 9.53 Å². The average molecular weight is 409 g/mol. The predicted octanol–water partition coefficient (Wildman–Crippen LogP) is 2.44. The van der Waals surface area contributed by atoms with E-state index in [0.29, 0.717) is 13.1 Å². The number of anilines is 1. The van der Waals surface area contributed by atoms with Crippen LogP contribution in [0.4, 0.5) is 5.95 Å². The Kier molecular flexibility index (Phi) is 4.81. The number of morpholine rings is 1. The smallest absolute Gasteiger partial charge is 0.229 e. The van der Waals surface area contributed by atoms with Crippen LogP contribution in [0.25, 0.3) is 16.6 Å². The number of fused-ring (bicyclic) bond motifs is 3. The van der Waals surface area contributed by atoms with E-state index in [0.717, 1.165) is 54.3 Å². The number of benzene rings is 1. The molecule has 0 aliphatic carbocycles. The van der Waals surface area contributed by atoms with E-state index in [1.807, 2.05) is 54.5 Å². The molecule has 8 heteroatoms. The third-order valence-corrected chi connectivity index (χ3v) is 6.13. The quantitative estimate of drug-likeness (QED) is 0.648. The number of rotatable bonds is 2. The summed E-state index contributed by atoms with van der Waals surface area (Å²) in [5.41, 5.74) is 1.75. The summed E-state index contributed by atoms with van der Waals surface area (Å²) in [6.07, 6.45) is 1.84. The van der Waals surface area contributed by atoms with Crippen molar-refractivity contribution >= 4 is 28.4 Å². The van der Waals surface area contributed by atoms with Crippen LogP contribution in [0.15, 0.2) is 24.3 Å². The number of aryl methyl sites for hydroxylation is 1. The second kappa shape index (κ2) is 7.50. The van der Waals surface area contributed by atoms with Crippen molar-refractivity contribution in [2.24, 2.45) is 5.92 Å². The van der Waals surface area contributed by atoms with E-state index in [2.05, 4.69) is 15.0 Å². The molecular weight excluding hydrogens is 380 g/mol. The van der Waals surface area contributed by atoms with Crippen molar-refractivity contribution in [3.05, 3.63) is 30.1 Å². The van der Waals surface area contributed by atoms with Gasteiger partial charge < -0.3 is 14.5 Å². The highest BCUT2D eigenvalue weighted by atomic mass is 16.5. The fraction of sp³-hybridized carbons (Fsp3) is 0.545. The van der Waals surface area contributed by atoms with Crippen LogP contribution in [0.3, 0.4) is 0 Å². The minimum Gasteiger partial charge on any atom is -0.372 e. The Morgan fingerprint density at radius 3 is 2.50 bits per heavy atom. The summed E-state index contributed by atoms with van der Waals surface area (Å²) in [4.78, 5) is 26.8. The van der Waals surface area contributed by atoms with Gasteiger partial charge in [-0.2, -0.15) is 4.52 Å². The van der Waals surface area contributed by atoms with Gasteiger partial charge in [-0.1, -0.05) is 12.1 Å². The van der Waals surface area contributed by atoms with Crippen LogP contribution in [-0.2, 0) is 9.53 Å². The normalized spacial score (nSPS) is 23.4. The van der Waals surface area contributed by atoms with Crippen LogP contribution in [0.5, 0.6) is 0 Å². The van der Waals surface area contributed by atoms with Crippen molar-refractivity contribution in [1.82, 2.24) is 24.5 Å². The number of ether oxygens (including phenoxy) is 1. The summed E-state index contributed by atoms with van der Waals surface area (Å²) >= 11 is 0. The molecule has 2 fully saturated rings. The lowest BCUT2D eigenvalue weighted by Crippen LogP contribution is -2.51. The van der Waals surface area contributed by atoms with Crippen LogP contribution >= 0.6 is 0 Å². The Labute approximate surface area is 175 Å². The van der Waals surface area contributed by atoms with E-state index in [1.165, 1.54) is 0 Å². The minimum absolute atomic E-state index is 0.0622. The van der Waals surface area contributed by atoms with E-state index in [1.54, 1.807) is 0 Å². The summed E-state index contributed by atoms with van der Waals surface area (Å²) in [5, 5.41) is 5.60. The Balaban J connectivity index is 1.36. The van der Waals surface area contributed by atoms with Gasteiger partial charge in [0.15, 0.2) is 5.65 Å². The Bertz CT molecular complexity index is 1080. The third-order valence-electron chi connectivity index (χ3n) is 6.13. The molecule has 1 amide bonds. The van der Waals surface area contributed by atoms with E-state index < -0.39 is 0 Å². The summed E-state index contributed by atoms with van der Waals surface area (Å²) in [6, 6.07) is 8.04. The molecule has 8 nitrogen and oxygen atoms in total. The molecule has 1 aromatic carbocycles. The number of hydrogen-bond donors (Lipinski definition) is 0. The highest BCUT2D eigenvalue weighted by Crippen LogP contribution is 2.28. The van der Waals surface area contributed by atoms with Crippen LogP contribution in [0.2, 0.25) is 0 Å². The summed E-state index contributed by atoms with van der Waals surface area (Å²) in [6.45, 7) is 8.92. The van der Waals surface area contributed by atoms with Crippen molar-refractivity contribution in [2.45, 2.75) is 45.8 Å². The SMILES string of the molecule is Cc1nc2c3ccccc3nc(N3CCC(C(=O)N4CC(C)OC(C)C4)CC3)n2n1. The van der Waals surface area contributed by atoms with Crippen molar-refractivity contribution in [1.29, 1.82) is 0 Å². The summed E-state index contributed by atoms with van der Waals surface area (Å²) in [7, 11) is 0. The Hall–Kier alpha value is -2.74. The predicted molar refractivity (Wildman–Crippen MR) is 115 cm³/mol. The number of piperidine rings is 1. The molecule has 0 N–H and O–H groups in total. The molecule has 30 heavy (non-hydrogen) atoms. The van der Waals surface area contributed by atoms with Crippen molar-refractivity contribution in [3.8, 4) is 0 Å². The molecular formula is C22H28N6O2. The van der Waals surface area contributed by atoms with Gasteiger partial charge in [-0.15, -0.1) is 5.10 Å². The third kappa shape index (κ3) is 3.39. The highest BCUT2D eigenvalue weighted by molar-refractivity contribution is 5.92. The van der Waals surface area contributed by atoms with Gasteiger partial charge in [-0.05, 0) is 45.7 Å². The molecule has 158 valence electrons. The fourth-order valence-electron chi connectivity index (χ4n) is 4.79. The second-order valence-corrected chi connectivity index (χ2v) is 8.59. The molecule has 2 unspecified atom stereocenters. The summed E-state index contributed by atoms with van der Waals surface area (Å²) < 4.78 is 7.63. The van der Waals surface area contributed by atoms with E-state index in [9.17, 15) is 4.79 Å². The van der Waals surface area contributed by atoms with Crippen LogP contribution < -0.4 is 4.90 Å². The zero-order valence-electron chi connectivity index (χ0n) is 17.8. The minimum atomic E-state index is 0.0622. The van der Waals surface area contributed by atoms with Gasteiger partial charge in [0.2, 0.25) is 11.9 Å². The molecule has 2 aromatic heterocycles. The maximum atomic E-state index is 13.1. The number of hydrogen-bond acceptors (Lipinski definition) is 6. The first-order chi connectivity index (χ1) is 14.5. The van der Waals surface area contributed by atoms with Crippen molar-refractivity contribution in [3.63, 3.8) is 0 Å². The highest BCUT2D eigenvalue weighted by Gasteiger charge is 2.33. The number of para-hydroxylation sites is 1. The molecule has 2 aliphatic rings. The molecule has 4 heterocycles. The first-order valence-electron chi connectivity index (χ1n) is 10.8. The molecule has 5 rings (SSSR count). The van der Waals surface area contributed by atoms with Gasteiger partial charge >= 0.3 is 0 Å². The monoisotopic (exact) mass is 408 g/mol. The van der Waals surface area contributed by atoms with Crippen LogP contribution in [0, 0.1) is 12.8 Å². The lowest BCUT2D eigenvalue weighted by atomic mass is 9.95. The van der Waals surface area contributed by atoms with Crippen LogP contribution in [-0.4, -0.2) is 68.8 Å². The first kappa shape index (κ1) is 19.2. The summed E-state index contributed by atoms with van der Waals surface area (Å²) in [5.74, 6) is 1.87. The lowest BCUT2D eigenvalue weighted by molar-refractivity contribution is -0.148. The standard InChI is InChI=1S/C22H28N6O2/c1-14-12-27(13-15(2)30-14)21(29)17-8-10-26(11-9-17)22-24-19-7-5-4-6-18(19)20-23-16(3)25-28(20)22/h4-7,14-15,17H,8-13H2,1-3H3. The molecule has 2 saturated heterocycles. The number of nitrogens with zero attached hydrogens (tertiary/aromatic N) is 6. The van der Waals surface area contributed by atoms with Gasteiger partial charge in [0.25, 0.3) is 0 Å².